The van der Waals surface area contributed by atoms with Crippen molar-refractivity contribution in [2.45, 2.75) is 13.5 Å². The summed E-state index contributed by atoms with van der Waals surface area (Å²) in [5.41, 5.74) is 2.19. The van der Waals surface area contributed by atoms with E-state index in [9.17, 15) is 13.2 Å². The van der Waals surface area contributed by atoms with E-state index < -0.39 is 16.0 Å². The predicted molar refractivity (Wildman–Crippen MR) is 75.2 cm³/mol. The van der Waals surface area contributed by atoms with Crippen molar-refractivity contribution in [1.82, 2.24) is 9.62 Å². The van der Waals surface area contributed by atoms with Gasteiger partial charge in [-0.15, -0.1) is 0 Å². The molecule has 6 nitrogen and oxygen atoms in total. The molecule has 1 saturated heterocycles. The van der Waals surface area contributed by atoms with Crippen LogP contribution < -0.4 is 4.72 Å². The van der Waals surface area contributed by atoms with E-state index in [4.69, 9.17) is 5.11 Å². The lowest BCUT2D eigenvalue weighted by atomic mass is 10.0. The summed E-state index contributed by atoms with van der Waals surface area (Å²) in [5.74, 6) is -0.878. The van der Waals surface area contributed by atoms with Crippen LogP contribution in [0.15, 0.2) is 18.2 Å². The molecule has 2 rings (SSSR count). The van der Waals surface area contributed by atoms with Crippen molar-refractivity contribution in [3.8, 4) is 0 Å². The van der Waals surface area contributed by atoms with Crippen LogP contribution in [0.25, 0.3) is 0 Å². The Bertz CT molecular complexity index is 613. The van der Waals surface area contributed by atoms with Gasteiger partial charge in [0, 0.05) is 26.2 Å². The van der Waals surface area contributed by atoms with Gasteiger partial charge in [0.25, 0.3) is 0 Å². The number of hydrogen-bond donors (Lipinski definition) is 2. The molecule has 1 aliphatic rings. The summed E-state index contributed by atoms with van der Waals surface area (Å²) >= 11 is 0. The molecular weight excluding hydrogens is 280 g/mol. The number of carboxylic acid groups (broad SMARTS) is 1. The first-order chi connectivity index (χ1) is 9.37. The van der Waals surface area contributed by atoms with Crippen LogP contribution >= 0.6 is 0 Å². The Morgan fingerprint density at radius 3 is 2.85 bits per heavy atom. The van der Waals surface area contributed by atoms with Crippen LogP contribution in [0, 0.1) is 6.92 Å². The Kier molecular flexibility index (Phi) is 4.42. The first-order valence-electron chi connectivity index (χ1n) is 6.40. The van der Waals surface area contributed by atoms with E-state index in [1.807, 2.05) is 11.8 Å². The molecule has 20 heavy (non-hydrogen) atoms. The molecule has 110 valence electrons. The number of benzene rings is 1. The van der Waals surface area contributed by atoms with Crippen molar-refractivity contribution in [3.63, 3.8) is 0 Å². The minimum absolute atomic E-state index is 0.0741. The van der Waals surface area contributed by atoms with Gasteiger partial charge in [-0.05, 0) is 30.2 Å². The molecule has 0 atom stereocenters. The van der Waals surface area contributed by atoms with Crippen molar-refractivity contribution in [3.05, 3.63) is 34.9 Å². The number of aromatic carboxylic acids is 1. The Hall–Kier alpha value is -1.44. The highest BCUT2D eigenvalue weighted by molar-refractivity contribution is 7.89. The van der Waals surface area contributed by atoms with E-state index in [1.54, 1.807) is 18.2 Å². The third kappa shape index (κ3) is 3.78. The fraction of sp³-hybridized carbons (Fsp3) is 0.462. The largest absolute Gasteiger partial charge is 0.478 e. The van der Waals surface area contributed by atoms with Gasteiger partial charge in [0.1, 0.15) is 0 Å². The first-order valence-corrected chi connectivity index (χ1v) is 8.05. The van der Waals surface area contributed by atoms with Crippen molar-refractivity contribution in [2.24, 2.45) is 0 Å². The van der Waals surface area contributed by atoms with Gasteiger partial charge in [0.15, 0.2) is 0 Å². The second-order valence-electron chi connectivity index (χ2n) is 4.94. The van der Waals surface area contributed by atoms with Gasteiger partial charge in [0.2, 0.25) is 10.0 Å². The molecule has 1 heterocycles. The van der Waals surface area contributed by atoms with Gasteiger partial charge >= 0.3 is 5.97 Å². The number of nitrogens with zero attached hydrogens (tertiary/aromatic N) is 1. The molecule has 1 aromatic carbocycles. The lowest BCUT2D eigenvalue weighted by Gasteiger charge is -2.20. The fourth-order valence-corrected chi connectivity index (χ4v) is 3.21. The molecule has 0 radical (unpaired) electrons. The SMILES string of the molecule is Cc1ccc(C(=O)O)cc1CN1CCNS(=O)(=O)CC1. The van der Waals surface area contributed by atoms with Gasteiger partial charge in [0.05, 0.1) is 11.3 Å². The topological polar surface area (TPSA) is 86.7 Å². The second kappa shape index (κ2) is 5.90. The van der Waals surface area contributed by atoms with E-state index in [-0.39, 0.29) is 11.3 Å². The number of hydrogen-bond acceptors (Lipinski definition) is 4. The third-order valence-corrected chi connectivity index (χ3v) is 4.78. The van der Waals surface area contributed by atoms with Crippen LogP contribution in [0.4, 0.5) is 0 Å². The minimum atomic E-state index is -3.16. The second-order valence-corrected chi connectivity index (χ2v) is 6.86. The zero-order valence-electron chi connectivity index (χ0n) is 11.3. The lowest BCUT2D eigenvalue weighted by molar-refractivity contribution is 0.0696. The molecule has 0 spiro atoms. The summed E-state index contributed by atoms with van der Waals surface area (Å²) in [6, 6.07) is 5.02. The van der Waals surface area contributed by atoms with Crippen LogP contribution in [-0.2, 0) is 16.6 Å². The van der Waals surface area contributed by atoms with Crippen LogP contribution in [0.1, 0.15) is 21.5 Å². The number of carboxylic acids is 1. The van der Waals surface area contributed by atoms with E-state index >= 15 is 0 Å². The molecule has 0 unspecified atom stereocenters. The molecule has 0 aliphatic carbocycles. The Morgan fingerprint density at radius 1 is 1.40 bits per heavy atom. The third-order valence-electron chi connectivity index (χ3n) is 3.42. The van der Waals surface area contributed by atoms with Crippen molar-refractivity contribution >= 4 is 16.0 Å². The van der Waals surface area contributed by atoms with E-state index in [2.05, 4.69) is 4.72 Å². The summed E-state index contributed by atoms with van der Waals surface area (Å²) in [7, 11) is -3.16. The maximum atomic E-state index is 11.5. The predicted octanol–water partition coefficient (Wildman–Crippen LogP) is 0.428. The number of carbonyl (C=O) groups is 1. The molecule has 1 fully saturated rings. The Balaban J connectivity index is 2.13. The highest BCUT2D eigenvalue weighted by Crippen LogP contribution is 2.14. The standard InChI is InChI=1S/C13H18N2O4S/c1-10-2-3-11(13(16)17)8-12(10)9-15-5-4-14-20(18,19)7-6-15/h2-3,8,14H,4-7,9H2,1H3,(H,16,17). The quantitative estimate of drug-likeness (QED) is 0.845. The number of nitrogens with one attached hydrogen (secondary N) is 1. The molecule has 7 heteroatoms. The molecular formula is C13H18N2O4S. The number of aryl methyl sites for hydroxylation is 1. The van der Waals surface area contributed by atoms with Crippen molar-refractivity contribution in [2.75, 3.05) is 25.4 Å². The monoisotopic (exact) mass is 298 g/mol. The highest BCUT2D eigenvalue weighted by Gasteiger charge is 2.19. The average molecular weight is 298 g/mol. The lowest BCUT2D eigenvalue weighted by Crippen LogP contribution is -2.28. The molecule has 1 aromatic rings. The van der Waals surface area contributed by atoms with Gasteiger partial charge in [-0.3, -0.25) is 4.90 Å². The smallest absolute Gasteiger partial charge is 0.335 e. The maximum Gasteiger partial charge on any atom is 0.335 e. The zero-order valence-corrected chi connectivity index (χ0v) is 12.1. The fourth-order valence-electron chi connectivity index (χ4n) is 2.17. The molecule has 0 saturated carbocycles. The molecule has 1 aliphatic heterocycles. The van der Waals surface area contributed by atoms with Gasteiger partial charge in [-0.25, -0.2) is 17.9 Å². The molecule has 0 bridgehead atoms. The average Bonchev–Trinajstić information content (AvgIpc) is 2.53. The van der Waals surface area contributed by atoms with E-state index in [0.717, 1.165) is 11.1 Å². The summed E-state index contributed by atoms with van der Waals surface area (Å²) in [6.45, 7) is 3.94. The maximum absolute atomic E-state index is 11.5. The Morgan fingerprint density at radius 2 is 2.15 bits per heavy atom. The normalized spacial score (nSPS) is 19.4. The molecule has 2 N–H and O–H groups in total. The van der Waals surface area contributed by atoms with Crippen LogP contribution in [0.5, 0.6) is 0 Å². The summed E-state index contributed by atoms with van der Waals surface area (Å²) in [4.78, 5) is 13.0. The zero-order chi connectivity index (χ0) is 14.8. The number of sulfonamides is 1. The van der Waals surface area contributed by atoms with Gasteiger partial charge in [-0.1, -0.05) is 6.07 Å². The Labute approximate surface area is 118 Å². The van der Waals surface area contributed by atoms with E-state index in [0.29, 0.717) is 26.2 Å². The minimum Gasteiger partial charge on any atom is -0.478 e. The van der Waals surface area contributed by atoms with Gasteiger partial charge < -0.3 is 5.11 Å². The van der Waals surface area contributed by atoms with Crippen molar-refractivity contribution in [1.29, 1.82) is 0 Å². The van der Waals surface area contributed by atoms with Crippen LogP contribution in [0.2, 0.25) is 0 Å². The van der Waals surface area contributed by atoms with Crippen LogP contribution in [-0.4, -0.2) is 49.8 Å². The van der Waals surface area contributed by atoms with Gasteiger partial charge in [-0.2, -0.15) is 0 Å². The number of rotatable bonds is 3. The summed E-state index contributed by atoms with van der Waals surface area (Å²) in [6.07, 6.45) is 0. The van der Waals surface area contributed by atoms with Crippen LogP contribution in [0.3, 0.4) is 0 Å². The molecule has 0 aromatic heterocycles. The van der Waals surface area contributed by atoms with E-state index in [1.165, 1.54) is 0 Å². The summed E-state index contributed by atoms with van der Waals surface area (Å²) in [5, 5.41) is 9.02. The summed E-state index contributed by atoms with van der Waals surface area (Å²) < 4.78 is 25.4. The highest BCUT2D eigenvalue weighted by atomic mass is 32.2. The molecule has 0 amide bonds. The van der Waals surface area contributed by atoms with Crippen molar-refractivity contribution < 1.29 is 18.3 Å². The first kappa shape index (κ1) is 15.0.